The summed E-state index contributed by atoms with van der Waals surface area (Å²) in [5.41, 5.74) is 7.26. The average molecular weight is 405 g/mol. The maximum absolute atomic E-state index is 14.8. The molecule has 1 aliphatic heterocycles. The number of hydrogen-bond acceptors (Lipinski definition) is 6. The summed E-state index contributed by atoms with van der Waals surface area (Å²) in [5.74, 6) is -0.479. The third-order valence-corrected chi connectivity index (χ3v) is 6.45. The Morgan fingerprint density at radius 3 is 2.74 bits per heavy atom. The van der Waals surface area contributed by atoms with E-state index in [4.69, 9.17) is 27.1 Å². The molecule has 140 valence electrons. The molecule has 1 aliphatic rings. The third kappa shape index (κ3) is 3.42. The maximum atomic E-state index is 14.8. The first-order chi connectivity index (χ1) is 13.0. The van der Waals surface area contributed by atoms with Gasteiger partial charge in [0.2, 0.25) is 5.28 Å². The minimum atomic E-state index is -0.479. The van der Waals surface area contributed by atoms with E-state index in [1.54, 1.807) is 24.4 Å². The second-order valence-corrected chi connectivity index (χ2v) is 8.13. The highest BCUT2D eigenvalue weighted by atomic mass is 35.5. The molecular weight excluding hydrogens is 387 g/mol. The summed E-state index contributed by atoms with van der Waals surface area (Å²) in [6.45, 7) is 3.55. The second-order valence-electron chi connectivity index (χ2n) is 6.79. The molecule has 2 aromatic heterocycles. The van der Waals surface area contributed by atoms with Crippen LogP contribution in [0.2, 0.25) is 5.28 Å². The first-order valence-electron chi connectivity index (χ1n) is 8.60. The van der Waals surface area contributed by atoms with Crippen LogP contribution in [-0.4, -0.2) is 28.2 Å². The summed E-state index contributed by atoms with van der Waals surface area (Å²) < 4.78 is 20.3. The van der Waals surface area contributed by atoms with Gasteiger partial charge in [-0.2, -0.15) is 0 Å². The Morgan fingerprint density at radius 2 is 2.00 bits per heavy atom. The molecule has 5 nitrogen and oxygen atoms in total. The Bertz CT molecular complexity index is 988. The zero-order chi connectivity index (χ0) is 19.0. The molecule has 8 heteroatoms. The predicted octanol–water partition coefficient (Wildman–Crippen LogP) is 4.71. The largest absolute Gasteiger partial charge is 0.396 e. The fourth-order valence-corrected chi connectivity index (χ4v) is 4.56. The minimum absolute atomic E-state index is 0.0889. The number of halogens is 2. The molecule has 0 amide bonds. The van der Waals surface area contributed by atoms with Crippen molar-refractivity contribution >= 4 is 28.6 Å². The normalized spacial score (nSPS) is 16.4. The van der Waals surface area contributed by atoms with E-state index >= 15 is 0 Å². The van der Waals surface area contributed by atoms with Crippen LogP contribution in [0.3, 0.4) is 0 Å². The number of nitrogens with zero attached hydrogens (tertiary/aromatic N) is 3. The lowest BCUT2D eigenvalue weighted by atomic mass is 9.83. The van der Waals surface area contributed by atoms with E-state index in [9.17, 15) is 4.39 Å². The van der Waals surface area contributed by atoms with Gasteiger partial charge in [-0.1, -0.05) is 13.0 Å². The molecular formula is C19H18ClFN4OS. The highest BCUT2D eigenvalue weighted by Gasteiger charge is 2.34. The number of rotatable bonds is 3. The SMILES string of the molecule is CC1(c2nc(-c3cccc(N)c3F)c(-c3ccnc(Cl)n3)s2)CCOCC1. The monoisotopic (exact) mass is 404 g/mol. The summed E-state index contributed by atoms with van der Waals surface area (Å²) in [4.78, 5) is 13.9. The van der Waals surface area contributed by atoms with Crippen molar-refractivity contribution in [2.45, 2.75) is 25.2 Å². The quantitative estimate of drug-likeness (QED) is 0.505. The first-order valence-corrected chi connectivity index (χ1v) is 9.80. The van der Waals surface area contributed by atoms with Crippen molar-refractivity contribution in [2.75, 3.05) is 18.9 Å². The van der Waals surface area contributed by atoms with Gasteiger partial charge in [-0.3, -0.25) is 0 Å². The topological polar surface area (TPSA) is 73.9 Å². The standard InChI is InChI=1S/C19H18ClFN4OS/c1-19(6-9-26-10-7-19)17-25-15(11-3-2-4-12(22)14(11)21)16(27-17)13-5-8-23-18(20)24-13/h2-5,8H,6-7,9-10,22H2,1H3. The molecule has 2 N–H and O–H groups in total. The van der Waals surface area contributed by atoms with Crippen LogP contribution >= 0.6 is 22.9 Å². The Kier molecular flexibility index (Phi) is 4.84. The van der Waals surface area contributed by atoms with E-state index in [0.717, 1.165) is 22.7 Å². The fourth-order valence-electron chi connectivity index (χ4n) is 3.16. The molecule has 0 bridgehead atoms. The fraction of sp³-hybridized carbons (Fsp3) is 0.316. The number of aromatic nitrogens is 3. The molecule has 27 heavy (non-hydrogen) atoms. The number of anilines is 1. The Labute approximate surface area is 165 Å². The molecule has 4 rings (SSSR count). The van der Waals surface area contributed by atoms with E-state index in [0.29, 0.717) is 30.2 Å². The van der Waals surface area contributed by atoms with Gasteiger partial charge in [0.15, 0.2) is 5.82 Å². The molecule has 0 aliphatic carbocycles. The highest BCUT2D eigenvalue weighted by Crippen LogP contribution is 2.44. The van der Waals surface area contributed by atoms with E-state index in [1.165, 1.54) is 17.4 Å². The van der Waals surface area contributed by atoms with E-state index in [2.05, 4.69) is 16.9 Å². The van der Waals surface area contributed by atoms with Gasteiger partial charge in [-0.15, -0.1) is 11.3 Å². The van der Waals surface area contributed by atoms with Crippen molar-refractivity contribution in [1.82, 2.24) is 15.0 Å². The minimum Gasteiger partial charge on any atom is -0.396 e. The van der Waals surface area contributed by atoms with Crippen LogP contribution in [-0.2, 0) is 10.2 Å². The summed E-state index contributed by atoms with van der Waals surface area (Å²) in [6, 6.07) is 6.69. The summed E-state index contributed by atoms with van der Waals surface area (Å²) in [6.07, 6.45) is 3.31. The number of nitrogens with two attached hydrogens (primary N) is 1. The number of thiazole rings is 1. The summed E-state index contributed by atoms with van der Waals surface area (Å²) in [7, 11) is 0. The lowest BCUT2D eigenvalue weighted by molar-refractivity contribution is 0.0564. The predicted molar refractivity (Wildman–Crippen MR) is 105 cm³/mol. The van der Waals surface area contributed by atoms with Crippen molar-refractivity contribution in [1.29, 1.82) is 0 Å². The Morgan fingerprint density at radius 1 is 1.22 bits per heavy atom. The second kappa shape index (κ2) is 7.14. The molecule has 3 aromatic rings. The van der Waals surface area contributed by atoms with Crippen LogP contribution in [0, 0.1) is 5.82 Å². The van der Waals surface area contributed by atoms with Crippen LogP contribution in [0.25, 0.3) is 21.8 Å². The number of hydrogen-bond donors (Lipinski definition) is 1. The molecule has 1 saturated heterocycles. The average Bonchev–Trinajstić information content (AvgIpc) is 3.11. The Balaban J connectivity index is 1.92. The molecule has 0 unspecified atom stereocenters. The van der Waals surface area contributed by atoms with Crippen molar-refractivity contribution < 1.29 is 9.13 Å². The number of benzene rings is 1. The third-order valence-electron chi connectivity index (χ3n) is 4.88. The highest BCUT2D eigenvalue weighted by molar-refractivity contribution is 7.15. The van der Waals surface area contributed by atoms with E-state index < -0.39 is 5.82 Å². The first kappa shape index (κ1) is 18.3. The smallest absolute Gasteiger partial charge is 0.222 e. The van der Waals surface area contributed by atoms with Crippen molar-refractivity contribution in [2.24, 2.45) is 0 Å². The van der Waals surface area contributed by atoms with Crippen LogP contribution in [0.15, 0.2) is 30.5 Å². The molecule has 3 heterocycles. The van der Waals surface area contributed by atoms with Gasteiger partial charge in [0.05, 0.1) is 27.0 Å². The van der Waals surface area contributed by atoms with Gasteiger partial charge in [0.25, 0.3) is 0 Å². The summed E-state index contributed by atoms with van der Waals surface area (Å²) in [5, 5.41) is 1.08. The maximum Gasteiger partial charge on any atom is 0.222 e. The van der Waals surface area contributed by atoms with Crippen molar-refractivity contribution in [3.05, 3.63) is 46.6 Å². The number of nitrogen functional groups attached to an aromatic ring is 1. The molecule has 0 radical (unpaired) electrons. The molecule has 0 saturated carbocycles. The zero-order valence-corrected chi connectivity index (χ0v) is 16.3. The lowest BCUT2D eigenvalue weighted by Crippen LogP contribution is -2.30. The van der Waals surface area contributed by atoms with Gasteiger partial charge in [-0.05, 0) is 42.6 Å². The van der Waals surface area contributed by atoms with Gasteiger partial charge < -0.3 is 10.5 Å². The van der Waals surface area contributed by atoms with Crippen molar-refractivity contribution in [3.63, 3.8) is 0 Å². The van der Waals surface area contributed by atoms with Gasteiger partial charge in [0.1, 0.15) is 0 Å². The Hall–Kier alpha value is -2.09. The zero-order valence-electron chi connectivity index (χ0n) is 14.7. The lowest BCUT2D eigenvalue weighted by Gasteiger charge is -2.31. The number of ether oxygens (including phenoxy) is 1. The van der Waals surface area contributed by atoms with Crippen molar-refractivity contribution in [3.8, 4) is 21.8 Å². The van der Waals surface area contributed by atoms with Gasteiger partial charge in [0, 0.05) is 30.4 Å². The van der Waals surface area contributed by atoms with E-state index in [-0.39, 0.29) is 16.4 Å². The molecule has 0 atom stereocenters. The molecule has 1 aromatic carbocycles. The van der Waals surface area contributed by atoms with Gasteiger partial charge in [-0.25, -0.2) is 19.3 Å². The van der Waals surface area contributed by atoms with Crippen LogP contribution in [0.1, 0.15) is 24.8 Å². The van der Waals surface area contributed by atoms with Crippen LogP contribution in [0.4, 0.5) is 10.1 Å². The molecule has 0 spiro atoms. The van der Waals surface area contributed by atoms with E-state index in [1.807, 2.05) is 0 Å². The van der Waals surface area contributed by atoms with Gasteiger partial charge >= 0.3 is 0 Å². The summed E-state index contributed by atoms with van der Waals surface area (Å²) >= 11 is 7.50. The van der Waals surface area contributed by atoms with Crippen LogP contribution < -0.4 is 5.73 Å². The van der Waals surface area contributed by atoms with Crippen LogP contribution in [0.5, 0.6) is 0 Å². The molecule has 1 fully saturated rings.